The fourth-order valence-electron chi connectivity index (χ4n) is 3.30. The third-order valence-electron chi connectivity index (χ3n) is 4.97. The van der Waals surface area contributed by atoms with E-state index in [4.69, 9.17) is 0 Å². The Morgan fingerprint density at radius 2 is 1.08 bits per heavy atom. The summed E-state index contributed by atoms with van der Waals surface area (Å²) in [5.41, 5.74) is 0.243. The van der Waals surface area contributed by atoms with E-state index >= 15 is 0 Å². The van der Waals surface area contributed by atoms with E-state index in [9.17, 15) is 37.1 Å². The number of nitrogens with zero attached hydrogens (tertiary/aromatic N) is 3. The topological polar surface area (TPSA) is 192 Å². The largest absolute Gasteiger partial charge is 0.289 e. The molecule has 0 spiro atoms. The van der Waals surface area contributed by atoms with Crippen molar-refractivity contribution in [3.05, 3.63) is 98.3 Å². The van der Waals surface area contributed by atoms with Gasteiger partial charge in [0.15, 0.2) is 9.79 Å². The van der Waals surface area contributed by atoms with Crippen molar-refractivity contribution in [3.63, 3.8) is 0 Å². The lowest BCUT2D eigenvalue weighted by Crippen LogP contribution is -2.27. The molecule has 2 aromatic carbocycles. The highest BCUT2D eigenvalue weighted by molar-refractivity contribution is 7.90. The van der Waals surface area contributed by atoms with Crippen LogP contribution in [0.4, 0.5) is 11.4 Å². The van der Waals surface area contributed by atoms with Crippen LogP contribution in [0.15, 0.2) is 76.8 Å². The predicted molar refractivity (Wildman–Crippen MR) is 128 cm³/mol. The van der Waals surface area contributed by atoms with Crippen LogP contribution in [-0.4, -0.2) is 44.8 Å². The fraction of sp³-hybridized carbons (Fsp3) is 0.190. The molecular weight excluding hydrogens is 514 g/mol. The van der Waals surface area contributed by atoms with Crippen LogP contribution < -0.4 is 9.44 Å². The minimum absolute atomic E-state index is 0.0518. The molecule has 190 valence electrons. The second-order valence-electron chi connectivity index (χ2n) is 7.45. The summed E-state index contributed by atoms with van der Waals surface area (Å²) >= 11 is 0. The maximum atomic E-state index is 12.5. The van der Waals surface area contributed by atoms with Crippen molar-refractivity contribution < 1.29 is 26.7 Å². The van der Waals surface area contributed by atoms with E-state index in [1.165, 1.54) is 36.7 Å². The number of nitrogens with one attached hydrogen (secondary N) is 2. The molecule has 0 atom stereocenters. The van der Waals surface area contributed by atoms with Crippen LogP contribution in [0, 0.1) is 20.2 Å². The molecule has 0 aliphatic rings. The molecule has 0 aliphatic heterocycles. The maximum absolute atomic E-state index is 12.5. The minimum Gasteiger partial charge on any atom is -0.264 e. The molecule has 0 unspecified atom stereocenters. The van der Waals surface area contributed by atoms with E-state index in [0.29, 0.717) is 11.1 Å². The number of hydrogen-bond donors (Lipinski definition) is 2. The molecule has 0 amide bonds. The zero-order chi connectivity index (χ0) is 26.3. The number of sulfonamides is 2. The molecule has 0 aliphatic carbocycles. The molecule has 0 radical (unpaired) electrons. The lowest BCUT2D eigenvalue weighted by molar-refractivity contribution is -0.388. The molecule has 3 rings (SSSR count). The molecule has 36 heavy (non-hydrogen) atoms. The molecule has 0 saturated carbocycles. The number of aromatic nitrogens is 1. The van der Waals surface area contributed by atoms with Crippen LogP contribution >= 0.6 is 0 Å². The Balaban J connectivity index is 1.59. The van der Waals surface area contributed by atoms with Crippen LogP contribution in [0.2, 0.25) is 0 Å². The van der Waals surface area contributed by atoms with Gasteiger partial charge in [-0.05, 0) is 36.1 Å². The summed E-state index contributed by atoms with van der Waals surface area (Å²) in [5.74, 6) is 0. The summed E-state index contributed by atoms with van der Waals surface area (Å²) in [6.45, 7) is -0.104. The average molecular weight is 536 g/mol. The lowest BCUT2D eigenvalue weighted by Gasteiger charge is -2.09. The molecule has 0 saturated heterocycles. The zero-order valence-electron chi connectivity index (χ0n) is 18.6. The first-order chi connectivity index (χ1) is 17.0. The number of nitro groups is 2. The van der Waals surface area contributed by atoms with Gasteiger partial charge in [0.1, 0.15) is 0 Å². The monoisotopic (exact) mass is 535 g/mol. The van der Waals surface area contributed by atoms with Crippen molar-refractivity contribution in [2.24, 2.45) is 0 Å². The second-order valence-corrected chi connectivity index (χ2v) is 10.9. The number of para-hydroxylation sites is 2. The molecule has 15 heteroatoms. The quantitative estimate of drug-likeness (QED) is 0.258. The summed E-state index contributed by atoms with van der Waals surface area (Å²) < 4.78 is 54.6. The van der Waals surface area contributed by atoms with E-state index in [0.717, 1.165) is 24.3 Å². The number of benzene rings is 2. The number of hydrogen-bond acceptors (Lipinski definition) is 9. The smallest absolute Gasteiger partial charge is 0.264 e. The Hall–Kier alpha value is -3.79. The normalized spacial score (nSPS) is 11.8. The van der Waals surface area contributed by atoms with Gasteiger partial charge in [-0.2, -0.15) is 0 Å². The molecule has 2 N–H and O–H groups in total. The third-order valence-corrected chi connectivity index (χ3v) is 7.98. The van der Waals surface area contributed by atoms with E-state index in [1.54, 1.807) is 6.07 Å². The van der Waals surface area contributed by atoms with Crippen molar-refractivity contribution in [3.8, 4) is 0 Å². The van der Waals surface area contributed by atoms with Gasteiger partial charge in [0.25, 0.3) is 11.4 Å². The van der Waals surface area contributed by atoms with Gasteiger partial charge in [0.05, 0.1) is 9.85 Å². The Kier molecular flexibility index (Phi) is 8.41. The maximum Gasteiger partial charge on any atom is 0.289 e. The first kappa shape index (κ1) is 26.8. The summed E-state index contributed by atoms with van der Waals surface area (Å²) in [5, 5.41) is 22.2. The molecule has 0 bridgehead atoms. The first-order valence-electron chi connectivity index (χ1n) is 10.4. The Labute approximate surface area is 206 Å². The number of rotatable bonds is 12. The second kappa shape index (κ2) is 11.3. The van der Waals surface area contributed by atoms with Gasteiger partial charge in [0, 0.05) is 37.6 Å². The SMILES string of the molecule is O=[N+]([O-])c1ccccc1S(=O)(=O)NCCc1cncc(CCNS(=O)(=O)c2ccccc2[N+](=O)[O-])c1. The van der Waals surface area contributed by atoms with Gasteiger partial charge < -0.3 is 0 Å². The summed E-state index contributed by atoms with van der Waals surface area (Å²) in [4.78, 5) is 23.9. The van der Waals surface area contributed by atoms with Crippen molar-refractivity contribution >= 4 is 31.4 Å². The molecule has 0 fully saturated rings. The van der Waals surface area contributed by atoms with E-state index in [2.05, 4.69) is 14.4 Å². The van der Waals surface area contributed by atoms with Crippen LogP contribution in [0.25, 0.3) is 0 Å². The summed E-state index contributed by atoms with van der Waals surface area (Å²) in [6, 6.07) is 11.7. The van der Waals surface area contributed by atoms with E-state index in [-0.39, 0.29) is 25.9 Å². The van der Waals surface area contributed by atoms with Gasteiger partial charge in [-0.15, -0.1) is 0 Å². The van der Waals surface area contributed by atoms with Crippen LogP contribution in [-0.2, 0) is 32.9 Å². The number of pyridine rings is 1. The average Bonchev–Trinajstić information content (AvgIpc) is 2.84. The molecule has 1 aromatic heterocycles. The molecule has 1 heterocycles. The van der Waals surface area contributed by atoms with E-state index < -0.39 is 51.1 Å². The van der Waals surface area contributed by atoms with Crippen molar-refractivity contribution in [1.82, 2.24) is 14.4 Å². The summed E-state index contributed by atoms with van der Waals surface area (Å²) in [7, 11) is -8.24. The first-order valence-corrected chi connectivity index (χ1v) is 13.4. The lowest BCUT2D eigenvalue weighted by atomic mass is 10.1. The van der Waals surface area contributed by atoms with Gasteiger partial charge in [-0.3, -0.25) is 25.2 Å². The molecular formula is C21H21N5O8S2. The van der Waals surface area contributed by atoms with Crippen molar-refractivity contribution in [1.29, 1.82) is 0 Å². The summed E-state index contributed by atoms with van der Waals surface area (Å²) in [6.07, 6.45) is 3.48. The standard InChI is InChI=1S/C21H21N5O8S2/c27-25(28)18-5-1-3-7-20(18)35(31,32)23-11-9-16-13-17(15-22-14-16)10-12-24-36(33,34)21-8-4-2-6-19(21)26(29)30/h1-8,13-15,23-24H,9-12H2. The Morgan fingerprint density at radius 3 is 1.47 bits per heavy atom. The van der Waals surface area contributed by atoms with Crippen molar-refractivity contribution in [2.75, 3.05) is 13.1 Å². The van der Waals surface area contributed by atoms with Crippen LogP contribution in [0.5, 0.6) is 0 Å². The van der Waals surface area contributed by atoms with E-state index in [1.807, 2.05) is 0 Å². The molecule has 13 nitrogen and oxygen atoms in total. The molecule has 3 aromatic rings. The van der Waals surface area contributed by atoms with Gasteiger partial charge in [-0.25, -0.2) is 26.3 Å². The van der Waals surface area contributed by atoms with Crippen molar-refractivity contribution in [2.45, 2.75) is 22.6 Å². The van der Waals surface area contributed by atoms with Crippen LogP contribution in [0.1, 0.15) is 11.1 Å². The Morgan fingerprint density at radius 1 is 0.694 bits per heavy atom. The highest BCUT2D eigenvalue weighted by Crippen LogP contribution is 2.23. The van der Waals surface area contributed by atoms with Crippen LogP contribution in [0.3, 0.4) is 0 Å². The van der Waals surface area contributed by atoms with Gasteiger partial charge in [-0.1, -0.05) is 30.3 Å². The third kappa shape index (κ3) is 6.66. The number of nitro benzene ring substituents is 2. The minimum atomic E-state index is -4.12. The van der Waals surface area contributed by atoms with Gasteiger partial charge in [0.2, 0.25) is 20.0 Å². The Bertz CT molecular complexity index is 1380. The predicted octanol–water partition coefficient (Wildman–Crippen LogP) is 1.94. The highest BCUT2D eigenvalue weighted by atomic mass is 32.2. The highest BCUT2D eigenvalue weighted by Gasteiger charge is 2.25. The fourth-order valence-corrected chi connectivity index (χ4v) is 5.70. The zero-order valence-corrected chi connectivity index (χ0v) is 20.2. The van der Waals surface area contributed by atoms with Gasteiger partial charge >= 0.3 is 0 Å².